The minimum atomic E-state index is -0.457. The summed E-state index contributed by atoms with van der Waals surface area (Å²) in [5.74, 6) is 0. The van der Waals surface area contributed by atoms with Crippen molar-refractivity contribution in [2.24, 2.45) is 0 Å². The van der Waals surface area contributed by atoms with Gasteiger partial charge in [0.15, 0.2) is 5.60 Å². The lowest BCUT2D eigenvalue weighted by Crippen LogP contribution is -2.61. The predicted octanol–water partition coefficient (Wildman–Crippen LogP) is 1.81. The lowest BCUT2D eigenvalue weighted by atomic mass is 9.86. The average Bonchev–Trinajstić information content (AvgIpc) is 2.15. The number of benzene rings is 1. The molecule has 1 amide bonds. The third-order valence-corrected chi connectivity index (χ3v) is 3.31. The van der Waals surface area contributed by atoms with E-state index in [9.17, 15) is 4.79 Å². The SMILES string of the molecule is O=C1Nc2ccc(Br)cc2C2(CNC2)O1. The van der Waals surface area contributed by atoms with Crippen LogP contribution in [-0.4, -0.2) is 19.2 Å². The lowest BCUT2D eigenvalue weighted by molar-refractivity contribution is -0.0297. The van der Waals surface area contributed by atoms with Gasteiger partial charge in [-0.05, 0) is 18.2 Å². The first kappa shape index (κ1) is 9.18. The zero-order valence-corrected chi connectivity index (χ0v) is 9.43. The number of carbonyl (C=O) groups is 1. The first-order valence-electron chi connectivity index (χ1n) is 4.70. The summed E-state index contributed by atoms with van der Waals surface area (Å²) in [6.45, 7) is 1.37. The summed E-state index contributed by atoms with van der Waals surface area (Å²) >= 11 is 3.42. The van der Waals surface area contributed by atoms with Gasteiger partial charge in [-0.3, -0.25) is 5.32 Å². The average molecular weight is 269 g/mol. The highest BCUT2D eigenvalue weighted by atomic mass is 79.9. The minimum Gasteiger partial charge on any atom is -0.435 e. The van der Waals surface area contributed by atoms with E-state index in [1.807, 2.05) is 18.2 Å². The summed E-state index contributed by atoms with van der Waals surface area (Å²) in [5, 5.41) is 5.83. The molecule has 4 nitrogen and oxygen atoms in total. The smallest absolute Gasteiger partial charge is 0.412 e. The second kappa shape index (κ2) is 2.96. The molecule has 0 saturated carbocycles. The molecule has 1 aromatic rings. The molecule has 1 saturated heterocycles. The van der Waals surface area contributed by atoms with Crippen molar-refractivity contribution in [1.82, 2.24) is 5.32 Å². The van der Waals surface area contributed by atoms with Crippen molar-refractivity contribution in [2.45, 2.75) is 5.60 Å². The van der Waals surface area contributed by atoms with E-state index in [1.165, 1.54) is 0 Å². The molecule has 2 heterocycles. The summed E-state index contributed by atoms with van der Waals surface area (Å²) in [6, 6.07) is 5.79. The topological polar surface area (TPSA) is 50.4 Å². The fraction of sp³-hybridized carbons (Fsp3) is 0.300. The van der Waals surface area contributed by atoms with Gasteiger partial charge in [0.1, 0.15) is 0 Å². The number of hydrogen-bond donors (Lipinski definition) is 2. The van der Waals surface area contributed by atoms with E-state index < -0.39 is 5.60 Å². The number of nitrogens with one attached hydrogen (secondary N) is 2. The fourth-order valence-electron chi connectivity index (χ4n) is 1.99. The van der Waals surface area contributed by atoms with Crippen LogP contribution in [0.25, 0.3) is 0 Å². The summed E-state index contributed by atoms with van der Waals surface area (Å²) in [5.41, 5.74) is 1.42. The Morgan fingerprint density at radius 3 is 2.87 bits per heavy atom. The summed E-state index contributed by atoms with van der Waals surface area (Å²) < 4.78 is 6.35. The van der Waals surface area contributed by atoms with Gasteiger partial charge < -0.3 is 10.1 Å². The highest BCUT2D eigenvalue weighted by molar-refractivity contribution is 9.10. The molecule has 0 bridgehead atoms. The van der Waals surface area contributed by atoms with Gasteiger partial charge in [-0.25, -0.2) is 4.79 Å². The van der Waals surface area contributed by atoms with Gasteiger partial charge in [0, 0.05) is 23.1 Å². The van der Waals surface area contributed by atoms with E-state index in [4.69, 9.17) is 4.74 Å². The van der Waals surface area contributed by atoms with E-state index in [0.717, 1.165) is 15.7 Å². The third kappa shape index (κ3) is 1.27. The standard InChI is InChI=1S/C10H9BrN2O2/c11-6-1-2-8-7(3-6)10(4-12-5-10)15-9(14)13-8/h1-3,12H,4-5H2,(H,13,14). The Bertz CT molecular complexity index is 443. The van der Waals surface area contributed by atoms with Gasteiger partial charge in [-0.2, -0.15) is 0 Å². The maximum Gasteiger partial charge on any atom is 0.412 e. The van der Waals surface area contributed by atoms with Crippen molar-refractivity contribution in [3.8, 4) is 0 Å². The van der Waals surface area contributed by atoms with E-state index in [0.29, 0.717) is 13.1 Å². The molecule has 2 aliphatic heterocycles. The van der Waals surface area contributed by atoms with Crippen molar-refractivity contribution in [1.29, 1.82) is 0 Å². The van der Waals surface area contributed by atoms with Crippen LogP contribution in [0, 0.1) is 0 Å². The summed E-state index contributed by atoms with van der Waals surface area (Å²) in [6.07, 6.45) is -0.369. The van der Waals surface area contributed by atoms with Crippen LogP contribution in [0.1, 0.15) is 5.56 Å². The Labute approximate surface area is 95.1 Å². The number of rotatable bonds is 0. The quantitative estimate of drug-likeness (QED) is 0.755. The molecule has 0 unspecified atom stereocenters. The molecular weight excluding hydrogens is 260 g/mol. The van der Waals surface area contributed by atoms with Crippen molar-refractivity contribution in [2.75, 3.05) is 18.4 Å². The molecule has 1 spiro atoms. The predicted molar refractivity (Wildman–Crippen MR) is 58.8 cm³/mol. The molecule has 0 aliphatic carbocycles. The molecule has 0 aromatic heterocycles. The van der Waals surface area contributed by atoms with E-state index >= 15 is 0 Å². The molecule has 1 aromatic carbocycles. The van der Waals surface area contributed by atoms with Gasteiger partial charge in [0.25, 0.3) is 0 Å². The first-order valence-corrected chi connectivity index (χ1v) is 5.50. The lowest BCUT2D eigenvalue weighted by Gasteiger charge is -2.45. The van der Waals surface area contributed by atoms with Crippen molar-refractivity contribution in [3.63, 3.8) is 0 Å². The van der Waals surface area contributed by atoms with Crippen molar-refractivity contribution < 1.29 is 9.53 Å². The largest absolute Gasteiger partial charge is 0.435 e. The number of carbonyl (C=O) groups excluding carboxylic acids is 1. The molecule has 0 radical (unpaired) electrons. The van der Waals surface area contributed by atoms with Crippen LogP contribution in [0.5, 0.6) is 0 Å². The van der Waals surface area contributed by atoms with Crippen LogP contribution in [-0.2, 0) is 10.3 Å². The normalized spacial score (nSPS) is 21.3. The van der Waals surface area contributed by atoms with Crippen LogP contribution in [0.3, 0.4) is 0 Å². The zero-order chi connectivity index (χ0) is 10.5. The summed E-state index contributed by atoms with van der Waals surface area (Å²) in [7, 11) is 0. The Balaban J connectivity index is 2.15. The number of anilines is 1. The Morgan fingerprint density at radius 2 is 2.20 bits per heavy atom. The maximum atomic E-state index is 11.3. The molecule has 5 heteroatoms. The van der Waals surface area contributed by atoms with E-state index in [-0.39, 0.29) is 6.09 Å². The molecule has 78 valence electrons. The van der Waals surface area contributed by atoms with Crippen LogP contribution in [0.15, 0.2) is 22.7 Å². The highest BCUT2D eigenvalue weighted by Gasteiger charge is 2.47. The number of fused-ring (bicyclic) bond motifs is 2. The summed E-state index contributed by atoms with van der Waals surface area (Å²) in [4.78, 5) is 11.3. The number of hydrogen-bond acceptors (Lipinski definition) is 3. The van der Waals surface area contributed by atoms with Crippen molar-refractivity contribution in [3.05, 3.63) is 28.2 Å². The van der Waals surface area contributed by atoms with Gasteiger partial charge in [-0.15, -0.1) is 0 Å². The van der Waals surface area contributed by atoms with Crippen molar-refractivity contribution >= 4 is 27.7 Å². The van der Waals surface area contributed by atoms with Gasteiger partial charge >= 0.3 is 6.09 Å². The second-order valence-electron chi connectivity index (χ2n) is 3.80. The molecule has 15 heavy (non-hydrogen) atoms. The monoisotopic (exact) mass is 268 g/mol. The van der Waals surface area contributed by atoms with E-state index in [1.54, 1.807) is 0 Å². The number of ether oxygens (including phenoxy) is 1. The fourth-order valence-corrected chi connectivity index (χ4v) is 2.35. The van der Waals surface area contributed by atoms with Gasteiger partial charge in [0.2, 0.25) is 0 Å². The first-order chi connectivity index (χ1) is 7.20. The van der Waals surface area contributed by atoms with E-state index in [2.05, 4.69) is 26.6 Å². The Morgan fingerprint density at radius 1 is 1.40 bits per heavy atom. The maximum absolute atomic E-state index is 11.3. The minimum absolute atomic E-state index is 0.369. The van der Waals surface area contributed by atoms with Crippen LogP contribution in [0.2, 0.25) is 0 Å². The molecule has 2 N–H and O–H groups in total. The third-order valence-electron chi connectivity index (χ3n) is 2.82. The van der Waals surface area contributed by atoms with Crippen LogP contribution in [0.4, 0.5) is 10.5 Å². The van der Waals surface area contributed by atoms with Crippen LogP contribution < -0.4 is 10.6 Å². The Kier molecular flexibility index (Phi) is 1.81. The molecule has 0 atom stereocenters. The highest BCUT2D eigenvalue weighted by Crippen LogP contribution is 2.39. The second-order valence-corrected chi connectivity index (χ2v) is 4.72. The molecular formula is C10H9BrN2O2. The molecule has 1 fully saturated rings. The number of halogens is 1. The zero-order valence-electron chi connectivity index (χ0n) is 7.84. The Hall–Kier alpha value is -1.07. The number of amides is 1. The molecule has 2 aliphatic rings. The molecule has 3 rings (SSSR count). The van der Waals surface area contributed by atoms with Crippen LogP contribution >= 0.6 is 15.9 Å². The van der Waals surface area contributed by atoms with Gasteiger partial charge in [0.05, 0.1) is 5.69 Å². The van der Waals surface area contributed by atoms with Gasteiger partial charge in [-0.1, -0.05) is 15.9 Å².